The topological polar surface area (TPSA) is 72.4 Å². The van der Waals surface area contributed by atoms with Gasteiger partial charge in [-0.05, 0) is 42.5 Å². The van der Waals surface area contributed by atoms with Gasteiger partial charge in [0.05, 0.1) is 12.2 Å². The van der Waals surface area contributed by atoms with Crippen LogP contribution in [0.3, 0.4) is 0 Å². The number of aromatic nitrogens is 2. The third kappa shape index (κ3) is 3.56. The van der Waals surface area contributed by atoms with E-state index >= 15 is 0 Å². The molecule has 0 spiro atoms. The summed E-state index contributed by atoms with van der Waals surface area (Å²) in [6, 6.07) is 5.56. The third-order valence-electron chi connectivity index (χ3n) is 4.22. The van der Waals surface area contributed by atoms with Crippen molar-refractivity contribution in [1.29, 1.82) is 0 Å². The zero-order valence-corrected chi connectivity index (χ0v) is 14.3. The summed E-state index contributed by atoms with van der Waals surface area (Å²) in [5, 5.41) is 12.3. The standard InChI is InChI=1S/C18H17N3O3S/c22-16(6-5-15-4-2-9-23-15)21-8-1-3-13(11-21)17-19-20-18(24-17)14-7-10-25-12-14/h2,4-7,9-10,12-13H,1,3,8,11H2. The van der Waals surface area contributed by atoms with Gasteiger partial charge < -0.3 is 13.7 Å². The van der Waals surface area contributed by atoms with Crippen LogP contribution in [0.5, 0.6) is 0 Å². The van der Waals surface area contributed by atoms with Gasteiger partial charge in [0.1, 0.15) is 5.76 Å². The van der Waals surface area contributed by atoms with Crippen molar-refractivity contribution < 1.29 is 13.6 Å². The van der Waals surface area contributed by atoms with Crippen molar-refractivity contribution in [2.75, 3.05) is 13.1 Å². The number of thiophene rings is 1. The smallest absolute Gasteiger partial charge is 0.248 e. The summed E-state index contributed by atoms with van der Waals surface area (Å²) in [6.07, 6.45) is 6.68. The summed E-state index contributed by atoms with van der Waals surface area (Å²) in [7, 11) is 0. The first-order valence-electron chi connectivity index (χ1n) is 8.16. The van der Waals surface area contributed by atoms with Crippen molar-refractivity contribution in [3.63, 3.8) is 0 Å². The normalized spacial score (nSPS) is 18.1. The molecule has 1 unspecified atom stereocenters. The zero-order valence-electron chi connectivity index (χ0n) is 13.5. The highest BCUT2D eigenvalue weighted by Gasteiger charge is 2.27. The number of rotatable bonds is 4. The summed E-state index contributed by atoms with van der Waals surface area (Å²) >= 11 is 1.59. The fraction of sp³-hybridized carbons (Fsp3) is 0.278. The van der Waals surface area contributed by atoms with Gasteiger partial charge in [0, 0.05) is 30.1 Å². The van der Waals surface area contributed by atoms with Crippen LogP contribution in [0.1, 0.15) is 30.4 Å². The zero-order chi connectivity index (χ0) is 17.1. The van der Waals surface area contributed by atoms with Gasteiger partial charge in [-0.1, -0.05) is 0 Å². The Morgan fingerprint density at radius 3 is 3.12 bits per heavy atom. The maximum absolute atomic E-state index is 12.4. The molecule has 7 heteroatoms. The number of hydrogen-bond donors (Lipinski definition) is 0. The second kappa shape index (κ2) is 7.06. The Kier molecular flexibility index (Phi) is 4.47. The Morgan fingerprint density at radius 2 is 2.32 bits per heavy atom. The second-order valence-corrected chi connectivity index (χ2v) is 6.71. The van der Waals surface area contributed by atoms with Crippen molar-refractivity contribution in [3.05, 3.63) is 52.9 Å². The molecule has 0 radical (unpaired) electrons. The van der Waals surface area contributed by atoms with E-state index in [9.17, 15) is 4.79 Å². The Hall–Kier alpha value is -2.67. The molecule has 4 rings (SSSR count). The minimum absolute atomic E-state index is 0.0290. The van der Waals surface area contributed by atoms with Crippen LogP contribution < -0.4 is 0 Å². The molecule has 1 atom stereocenters. The summed E-state index contributed by atoms with van der Waals surface area (Å²) in [5.41, 5.74) is 0.939. The average Bonchev–Trinajstić information content (AvgIpc) is 3.41. The molecule has 6 nitrogen and oxygen atoms in total. The van der Waals surface area contributed by atoms with Gasteiger partial charge in [0.15, 0.2) is 0 Å². The van der Waals surface area contributed by atoms with Crippen LogP contribution in [0.2, 0.25) is 0 Å². The molecular formula is C18H17N3O3S. The van der Waals surface area contributed by atoms with Crippen molar-refractivity contribution in [3.8, 4) is 11.5 Å². The Morgan fingerprint density at radius 1 is 1.36 bits per heavy atom. The number of amides is 1. The monoisotopic (exact) mass is 355 g/mol. The lowest BCUT2D eigenvalue weighted by atomic mass is 9.98. The minimum Gasteiger partial charge on any atom is -0.465 e. The van der Waals surface area contributed by atoms with Crippen molar-refractivity contribution in [2.24, 2.45) is 0 Å². The number of furan rings is 1. The van der Waals surface area contributed by atoms with Gasteiger partial charge in [-0.25, -0.2) is 0 Å². The Balaban J connectivity index is 1.43. The van der Waals surface area contributed by atoms with Gasteiger partial charge in [0.25, 0.3) is 0 Å². The molecule has 0 aliphatic carbocycles. The Bertz CT molecular complexity index is 852. The van der Waals surface area contributed by atoms with E-state index in [4.69, 9.17) is 8.83 Å². The summed E-state index contributed by atoms with van der Waals surface area (Å²) in [6.45, 7) is 1.33. The predicted molar refractivity (Wildman–Crippen MR) is 93.9 cm³/mol. The van der Waals surface area contributed by atoms with Crippen LogP contribution in [0.25, 0.3) is 17.5 Å². The summed E-state index contributed by atoms with van der Waals surface area (Å²) < 4.78 is 11.0. The Labute approximate surface area is 148 Å². The first-order valence-corrected chi connectivity index (χ1v) is 9.10. The lowest BCUT2D eigenvalue weighted by Crippen LogP contribution is -2.38. The molecule has 0 aromatic carbocycles. The van der Waals surface area contributed by atoms with E-state index in [1.165, 1.54) is 0 Å². The maximum atomic E-state index is 12.4. The number of piperidine rings is 1. The van der Waals surface area contributed by atoms with E-state index in [-0.39, 0.29) is 11.8 Å². The lowest BCUT2D eigenvalue weighted by Gasteiger charge is -2.30. The summed E-state index contributed by atoms with van der Waals surface area (Å²) in [4.78, 5) is 14.2. The third-order valence-corrected chi connectivity index (χ3v) is 4.91. The van der Waals surface area contributed by atoms with Gasteiger partial charge >= 0.3 is 0 Å². The van der Waals surface area contributed by atoms with Crippen LogP contribution in [0.4, 0.5) is 0 Å². The molecule has 128 valence electrons. The van der Waals surface area contributed by atoms with Crippen molar-refractivity contribution >= 4 is 23.3 Å². The maximum Gasteiger partial charge on any atom is 0.248 e. The quantitative estimate of drug-likeness (QED) is 0.666. The highest BCUT2D eigenvalue weighted by atomic mass is 32.1. The van der Waals surface area contributed by atoms with Crippen molar-refractivity contribution in [1.82, 2.24) is 15.1 Å². The number of carbonyl (C=O) groups excluding carboxylic acids is 1. The van der Waals surface area contributed by atoms with Crippen LogP contribution in [0, 0.1) is 0 Å². The van der Waals surface area contributed by atoms with E-state index in [2.05, 4.69) is 10.2 Å². The minimum atomic E-state index is -0.0290. The molecule has 0 saturated carbocycles. The molecule has 3 aromatic heterocycles. The van der Waals surface area contributed by atoms with E-state index in [1.54, 1.807) is 35.8 Å². The largest absolute Gasteiger partial charge is 0.465 e. The SMILES string of the molecule is O=C(C=Cc1ccco1)N1CCCC(c2nnc(-c3ccsc3)o2)C1. The molecule has 25 heavy (non-hydrogen) atoms. The van der Waals surface area contributed by atoms with Gasteiger partial charge in [0.2, 0.25) is 17.7 Å². The van der Waals surface area contributed by atoms with Gasteiger partial charge in [-0.3, -0.25) is 4.79 Å². The molecule has 3 aromatic rings. The van der Waals surface area contributed by atoms with Crippen LogP contribution in [-0.4, -0.2) is 34.1 Å². The lowest BCUT2D eigenvalue weighted by molar-refractivity contribution is -0.127. The molecular weight excluding hydrogens is 338 g/mol. The van der Waals surface area contributed by atoms with Gasteiger partial charge in [-0.2, -0.15) is 11.3 Å². The fourth-order valence-corrected chi connectivity index (χ4v) is 3.56. The van der Waals surface area contributed by atoms with Crippen molar-refractivity contribution in [2.45, 2.75) is 18.8 Å². The summed E-state index contributed by atoms with van der Waals surface area (Å²) in [5.74, 6) is 1.86. The predicted octanol–water partition coefficient (Wildman–Crippen LogP) is 3.81. The van der Waals surface area contributed by atoms with E-state index < -0.39 is 0 Å². The first-order chi connectivity index (χ1) is 12.3. The van der Waals surface area contributed by atoms with E-state index in [0.29, 0.717) is 24.1 Å². The van der Waals surface area contributed by atoms with Crippen LogP contribution >= 0.6 is 11.3 Å². The number of nitrogens with zero attached hydrogens (tertiary/aromatic N) is 3. The highest BCUT2D eigenvalue weighted by Crippen LogP contribution is 2.29. The number of carbonyl (C=O) groups is 1. The molecule has 0 N–H and O–H groups in total. The molecule has 1 amide bonds. The molecule has 0 bridgehead atoms. The van der Waals surface area contributed by atoms with Gasteiger partial charge in [-0.15, -0.1) is 10.2 Å². The van der Waals surface area contributed by atoms with Crippen LogP contribution in [-0.2, 0) is 4.79 Å². The highest BCUT2D eigenvalue weighted by molar-refractivity contribution is 7.08. The van der Waals surface area contributed by atoms with Crippen LogP contribution in [0.15, 0.2) is 50.1 Å². The molecule has 4 heterocycles. The molecule has 1 aliphatic heterocycles. The molecule has 1 fully saturated rings. The second-order valence-electron chi connectivity index (χ2n) is 5.93. The molecule has 1 aliphatic rings. The number of likely N-dealkylation sites (tertiary alicyclic amines) is 1. The van der Waals surface area contributed by atoms with E-state index in [1.807, 2.05) is 27.8 Å². The average molecular weight is 355 g/mol. The number of hydrogen-bond acceptors (Lipinski definition) is 6. The van der Waals surface area contributed by atoms with E-state index in [0.717, 1.165) is 24.9 Å². The molecule has 1 saturated heterocycles. The first kappa shape index (κ1) is 15.8. The fourth-order valence-electron chi connectivity index (χ4n) is 2.93.